The van der Waals surface area contributed by atoms with Gasteiger partial charge in [0.25, 0.3) is 0 Å². The number of furan rings is 1. The summed E-state index contributed by atoms with van der Waals surface area (Å²) in [6.07, 6.45) is 5.95. The molecule has 1 amide bonds. The molecule has 0 atom stereocenters. The fourth-order valence-electron chi connectivity index (χ4n) is 2.00. The van der Waals surface area contributed by atoms with Crippen molar-refractivity contribution in [3.8, 4) is 0 Å². The van der Waals surface area contributed by atoms with E-state index in [4.69, 9.17) is 9.52 Å². The van der Waals surface area contributed by atoms with Gasteiger partial charge in [0.2, 0.25) is 5.91 Å². The molecule has 1 N–H and O–H groups in total. The molecule has 2 aromatic heterocycles. The number of aromatic carboxylic acids is 1. The molecule has 1 fully saturated rings. The van der Waals surface area contributed by atoms with Crippen LogP contribution in [0, 0.1) is 0 Å². The van der Waals surface area contributed by atoms with Gasteiger partial charge in [0, 0.05) is 19.2 Å². The van der Waals surface area contributed by atoms with Crippen molar-refractivity contribution < 1.29 is 19.1 Å². The topological polar surface area (TPSA) is 101 Å². The van der Waals surface area contributed by atoms with Gasteiger partial charge in [-0.15, -0.1) is 5.10 Å². The Balaban J connectivity index is 1.55. The summed E-state index contributed by atoms with van der Waals surface area (Å²) < 4.78 is 6.57. The van der Waals surface area contributed by atoms with Crippen LogP contribution in [0.5, 0.6) is 0 Å². The Hall–Kier alpha value is -2.90. The number of hydrogen-bond acceptors (Lipinski definition) is 5. The van der Waals surface area contributed by atoms with Gasteiger partial charge in [-0.1, -0.05) is 5.21 Å². The lowest BCUT2D eigenvalue weighted by atomic mass is 10.1. The van der Waals surface area contributed by atoms with Crippen molar-refractivity contribution in [1.82, 2.24) is 19.9 Å². The smallest absolute Gasteiger partial charge is 0.358 e. The maximum Gasteiger partial charge on any atom is 0.358 e. The Morgan fingerprint density at radius 1 is 1.43 bits per heavy atom. The second-order valence-corrected chi connectivity index (χ2v) is 4.63. The van der Waals surface area contributed by atoms with E-state index in [2.05, 4.69) is 10.3 Å². The fourth-order valence-corrected chi connectivity index (χ4v) is 2.00. The molecule has 0 unspecified atom stereocenters. The first-order valence-electron chi connectivity index (χ1n) is 6.29. The van der Waals surface area contributed by atoms with Crippen molar-refractivity contribution in [2.45, 2.75) is 6.04 Å². The van der Waals surface area contributed by atoms with Gasteiger partial charge in [0.15, 0.2) is 5.69 Å². The molecule has 1 saturated heterocycles. The molecule has 3 rings (SSSR count). The molecular formula is C13H12N4O4. The molecule has 0 aliphatic carbocycles. The number of carboxylic acid groups (broad SMARTS) is 1. The van der Waals surface area contributed by atoms with E-state index >= 15 is 0 Å². The minimum atomic E-state index is -1.12. The molecule has 1 aliphatic heterocycles. The molecular weight excluding hydrogens is 276 g/mol. The lowest BCUT2D eigenvalue weighted by Crippen LogP contribution is -2.50. The molecule has 0 radical (unpaired) electrons. The van der Waals surface area contributed by atoms with Crippen LogP contribution in [0.15, 0.2) is 35.1 Å². The third kappa shape index (κ3) is 2.69. The number of aromatic nitrogens is 3. The summed E-state index contributed by atoms with van der Waals surface area (Å²) in [6, 6.07) is 3.46. The zero-order valence-electron chi connectivity index (χ0n) is 10.9. The highest BCUT2D eigenvalue weighted by atomic mass is 16.4. The number of carboxylic acids is 1. The van der Waals surface area contributed by atoms with Gasteiger partial charge in [-0.25, -0.2) is 9.48 Å². The quantitative estimate of drug-likeness (QED) is 0.829. The summed E-state index contributed by atoms with van der Waals surface area (Å²) in [6.45, 7) is 0.952. The van der Waals surface area contributed by atoms with Crippen LogP contribution in [0.25, 0.3) is 6.08 Å². The van der Waals surface area contributed by atoms with Crippen LogP contribution in [0.2, 0.25) is 0 Å². The second kappa shape index (κ2) is 5.23. The molecule has 0 saturated carbocycles. The third-order valence-corrected chi connectivity index (χ3v) is 3.21. The van der Waals surface area contributed by atoms with Gasteiger partial charge in [-0.05, 0) is 18.2 Å². The monoisotopic (exact) mass is 288 g/mol. The lowest BCUT2D eigenvalue weighted by molar-refractivity contribution is -0.131. The number of rotatable bonds is 4. The van der Waals surface area contributed by atoms with Crippen molar-refractivity contribution in [3.63, 3.8) is 0 Å². The maximum atomic E-state index is 11.9. The van der Waals surface area contributed by atoms with E-state index in [1.807, 2.05) is 0 Å². The van der Waals surface area contributed by atoms with E-state index in [0.717, 1.165) is 0 Å². The number of carbonyl (C=O) groups excluding carboxylic acids is 1. The van der Waals surface area contributed by atoms with Crippen molar-refractivity contribution in [1.29, 1.82) is 0 Å². The van der Waals surface area contributed by atoms with Crippen molar-refractivity contribution in [3.05, 3.63) is 42.1 Å². The molecule has 8 nitrogen and oxygen atoms in total. The Morgan fingerprint density at radius 2 is 2.24 bits per heavy atom. The Morgan fingerprint density at radius 3 is 2.86 bits per heavy atom. The SMILES string of the molecule is O=C(O)c1cn(C2CN(C(=O)C=Cc3ccco3)C2)nn1. The van der Waals surface area contributed by atoms with Crippen LogP contribution in [-0.2, 0) is 4.79 Å². The first-order chi connectivity index (χ1) is 10.1. The maximum absolute atomic E-state index is 11.9. The van der Waals surface area contributed by atoms with E-state index in [1.54, 1.807) is 23.1 Å². The number of amides is 1. The van der Waals surface area contributed by atoms with Gasteiger partial charge < -0.3 is 14.4 Å². The van der Waals surface area contributed by atoms with Crippen molar-refractivity contribution in [2.75, 3.05) is 13.1 Å². The highest BCUT2D eigenvalue weighted by Crippen LogP contribution is 2.20. The summed E-state index contributed by atoms with van der Waals surface area (Å²) in [5.74, 6) is -0.626. The van der Waals surface area contributed by atoms with Crippen LogP contribution < -0.4 is 0 Å². The van der Waals surface area contributed by atoms with Gasteiger partial charge in [0.05, 0.1) is 18.5 Å². The summed E-state index contributed by atoms with van der Waals surface area (Å²) in [5, 5.41) is 16.1. The van der Waals surface area contributed by atoms with Crippen molar-refractivity contribution >= 4 is 18.0 Å². The number of hydrogen-bond donors (Lipinski definition) is 1. The van der Waals surface area contributed by atoms with E-state index in [0.29, 0.717) is 18.8 Å². The number of nitrogens with zero attached hydrogens (tertiary/aromatic N) is 4. The molecule has 3 heterocycles. The average Bonchev–Trinajstić information content (AvgIpc) is 3.06. The largest absolute Gasteiger partial charge is 0.476 e. The number of likely N-dealkylation sites (tertiary alicyclic amines) is 1. The van der Waals surface area contributed by atoms with Crippen LogP contribution in [0.1, 0.15) is 22.3 Å². The van der Waals surface area contributed by atoms with Gasteiger partial charge >= 0.3 is 5.97 Å². The van der Waals surface area contributed by atoms with Gasteiger partial charge in [0.1, 0.15) is 5.76 Å². The molecule has 0 spiro atoms. The third-order valence-electron chi connectivity index (χ3n) is 3.21. The van der Waals surface area contributed by atoms with Crippen LogP contribution in [-0.4, -0.2) is 50.0 Å². The van der Waals surface area contributed by atoms with Crippen LogP contribution >= 0.6 is 0 Å². The normalized spacial score (nSPS) is 15.3. The van der Waals surface area contributed by atoms with Gasteiger partial charge in [-0.2, -0.15) is 0 Å². The lowest BCUT2D eigenvalue weighted by Gasteiger charge is -2.38. The van der Waals surface area contributed by atoms with E-state index in [9.17, 15) is 9.59 Å². The predicted molar refractivity (Wildman–Crippen MR) is 70.3 cm³/mol. The summed E-state index contributed by atoms with van der Waals surface area (Å²) >= 11 is 0. The molecule has 8 heteroatoms. The summed E-state index contributed by atoms with van der Waals surface area (Å²) in [7, 11) is 0. The van der Waals surface area contributed by atoms with E-state index in [1.165, 1.54) is 23.2 Å². The Kier molecular flexibility index (Phi) is 3.27. The Bertz CT molecular complexity index is 683. The predicted octanol–water partition coefficient (Wildman–Crippen LogP) is 0.666. The zero-order chi connectivity index (χ0) is 14.8. The standard InChI is InChI=1S/C13H12N4O4/c18-12(4-3-10-2-1-5-21-10)16-6-9(7-16)17-8-11(13(19)20)14-15-17/h1-5,8-9H,6-7H2,(H,19,20). The minimum Gasteiger partial charge on any atom is -0.476 e. The second-order valence-electron chi connectivity index (χ2n) is 4.63. The molecule has 0 aromatic carbocycles. The number of carbonyl (C=O) groups is 2. The molecule has 0 bridgehead atoms. The fraction of sp³-hybridized carbons (Fsp3) is 0.231. The molecule has 1 aliphatic rings. The highest BCUT2D eigenvalue weighted by molar-refractivity contribution is 5.92. The molecule has 2 aromatic rings. The van der Waals surface area contributed by atoms with Crippen LogP contribution in [0.4, 0.5) is 0 Å². The summed E-state index contributed by atoms with van der Waals surface area (Å²) in [4.78, 5) is 24.2. The van der Waals surface area contributed by atoms with E-state index in [-0.39, 0.29) is 17.6 Å². The molecule has 21 heavy (non-hydrogen) atoms. The minimum absolute atomic E-state index is 0.0356. The molecule has 108 valence electrons. The first-order valence-corrected chi connectivity index (χ1v) is 6.29. The summed E-state index contributed by atoms with van der Waals surface area (Å²) in [5.41, 5.74) is -0.0995. The zero-order valence-corrected chi connectivity index (χ0v) is 10.9. The average molecular weight is 288 g/mol. The highest BCUT2D eigenvalue weighted by Gasteiger charge is 2.32. The van der Waals surface area contributed by atoms with E-state index < -0.39 is 5.97 Å². The Labute approximate surface area is 119 Å². The first kappa shape index (κ1) is 13.1. The van der Waals surface area contributed by atoms with Crippen molar-refractivity contribution in [2.24, 2.45) is 0 Å². The van der Waals surface area contributed by atoms with Crippen LogP contribution in [0.3, 0.4) is 0 Å². The van der Waals surface area contributed by atoms with Gasteiger partial charge in [-0.3, -0.25) is 4.79 Å².